The fourth-order valence-corrected chi connectivity index (χ4v) is 3.04. The zero-order chi connectivity index (χ0) is 16.2. The predicted molar refractivity (Wildman–Crippen MR) is 93.8 cm³/mol. The average molecular weight is 371 g/mol. The third-order valence-electron chi connectivity index (χ3n) is 3.58. The maximum absolute atomic E-state index is 12.0. The van der Waals surface area contributed by atoms with Crippen LogP contribution in [-0.4, -0.2) is 13.1 Å². The number of hydrogen-bond donors (Lipinski definition) is 0. The SMILES string of the molecule is COC(=O)c1cc(OCc2ccccc2)c2ccccc2c1Br. The van der Waals surface area contributed by atoms with Crippen molar-refractivity contribution in [3.05, 3.63) is 76.3 Å². The molecule has 3 aromatic carbocycles. The van der Waals surface area contributed by atoms with Crippen molar-refractivity contribution in [3.8, 4) is 5.75 Å². The van der Waals surface area contributed by atoms with E-state index in [0.29, 0.717) is 22.4 Å². The van der Waals surface area contributed by atoms with Gasteiger partial charge >= 0.3 is 5.97 Å². The molecular formula is C19H15BrO3. The van der Waals surface area contributed by atoms with Gasteiger partial charge in [-0.05, 0) is 27.6 Å². The van der Waals surface area contributed by atoms with Crippen molar-refractivity contribution in [3.63, 3.8) is 0 Å². The Bertz CT molecular complexity index is 844. The van der Waals surface area contributed by atoms with E-state index >= 15 is 0 Å². The maximum Gasteiger partial charge on any atom is 0.339 e. The molecule has 4 heteroatoms. The molecular weight excluding hydrogens is 356 g/mol. The van der Waals surface area contributed by atoms with Crippen LogP contribution in [0.1, 0.15) is 15.9 Å². The van der Waals surface area contributed by atoms with Gasteiger partial charge in [0.05, 0.1) is 12.7 Å². The fourth-order valence-electron chi connectivity index (χ4n) is 2.42. The van der Waals surface area contributed by atoms with Crippen molar-refractivity contribution in [2.75, 3.05) is 7.11 Å². The maximum atomic E-state index is 12.0. The first-order valence-electron chi connectivity index (χ1n) is 7.17. The number of rotatable bonds is 4. The van der Waals surface area contributed by atoms with Gasteiger partial charge in [-0.1, -0.05) is 54.6 Å². The van der Waals surface area contributed by atoms with Gasteiger partial charge in [-0.2, -0.15) is 0 Å². The number of halogens is 1. The van der Waals surface area contributed by atoms with E-state index < -0.39 is 5.97 Å². The van der Waals surface area contributed by atoms with Crippen molar-refractivity contribution >= 4 is 32.7 Å². The molecule has 0 heterocycles. The molecule has 0 saturated carbocycles. The second-order valence-electron chi connectivity index (χ2n) is 5.05. The molecule has 0 N–H and O–H groups in total. The number of carbonyl (C=O) groups excluding carboxylic acids is 1. The molecule has 0 radical (unpaired) electrons. The number of methoxy groups -OCH3 is 1. The van der Waals surface area contributed by atoms with Crippen LogP contribution in [0, 0.1) is 0 Å². The van der Waals surface area contributed by atoms with E-state index in [1.807, 2.05) is 54.6 Å². The first-order chi connectivity index (χ1) is 11.2. The van der Waals surface area contributed by atoms with Gasteiger partial charge < -0.3 is 9.47 Å². The third-order valence-corrected chi connectivity index (χ3v) is 4.44. The van der Waals surface area contributed by atoms with Crippen LogP contribution in [-0.2, 0) is 11.3 Å². The number of benzene rings is 3. The Hall–Kier alpha value is -2.33. The Labute approximate surface area is 143 Å². The van der Waals surface area contributed by atoms with Crippen LogP contribution in [0.15, 0.2) is 65.1 Å². The highest BCUT2D eigenvalue weighted by Crippen LogP contribution is 2.35. The van der Waals surface area contributed by atoms with Gasteiger partial charge in [0.1, 0.15) is 12.4 Å². The Morgan fingerprint density at radius 3 is 2.35 bits per heavy atom. The van der Waals surface area contributed by atoms with Crippen LogP contribution >= 0.6 is 15.9 Å². The van der Waals surface area contributed by atoms with E-state index in [1.165, 1.54) is 7.11 Å². The Balaban J connectivity index is 2.04. The van der Waals surface area contributed by atoms with Gasteiger partial charge in [0.2, 0.25) is 0 Å². The highest BCUT2D eigenvalue weighted by atomic mass is 79.9. The van der Waals surface area contributed by atoms with E-state index in [4.69, 9.17) is 9.47 Å². The predicted octanol–water partition coefficient (Wildman–Crippen LogP) is 4.97. The molecule has 0 fully saturated rings. The lowest BCUT2D eigenvalue weighted by molar-refractivity contribution is 0.0599. The van der Waals surface area contributed by atoms with Crippen LogP contribution < -0.4 is 4.74 Å². The van der Waals surface area contributed by atoms with Crippen LogP contribution in [0.5, 0.6) is 5.75 Å². The lowest BCUT2D eigenvalue weighted by atomic mass is 10.1. The molecule has 0 atom stereocenters. The number of hydrogen-bond acceptors (Lipinski definition) is 3. The van der Waals surface area contributed by atoms with E-state index in [-0.39, 0.29) is 0 Å². The standard InChI is InChI=1S/C19H15BrO3/c1-22-19(21)16-11-17(23-12-13-7-3-2-4-8-13)14-9-5-6-10-15(14)18(16)20/h2-11H,12H2,1H3. The van der Waals surface area contributed by atoms with Crippen molar-refractivity contribution in [2.24, 2.45) is 0 Å². The van der Waals surface area contributed by atoms with Gasteiger partial charge in [-0.25, -0.2) is 4.79 Å². The minimum atomic E-state index is -0.396. The molecule has 0 aliphatic carbocycles. The van der Waals surface area contributed by atoms with E-state index in [2.05, 4.69) is 15.9 Å². The second-order valence-corrected chi connectivity index (χ2v) is 5.84. The largest absolute Gasteiger partial charge is 0.488 e. The van der Waals surface area contributed by atoms with Gasteiger partial charge in [0, 0.05) is 15.2 Å². The van der Waals surface area contributed by atoms with Gasteiger partial charge in [0.15, 0.2) is 0 Å². The number of ether oxygens (including phenoxy) is 2. The summed E-state index contributed by atoms with van der Waals surface area (Å²) in [6, 6.07) is 19.4. The molecule has 0 aromatic heterocycles. The van der Waals surface area contributed by atoms with Crippen LogP contribution in [0.25, 0.3) is 10.8 Å². The van der Waals surface area contributed by atoms with Crippen LogP contribution in [0.4, 0.5) is 0 Å². The molecule has 0 aliphatic heterocycles. The minimum Gasteiger partial charge on any atom is -0.488 e. The number of esters is 1. The molecule has 0 unspecified atom stereocenters. The molecule has 23 heavy (non-hydrogen) atoms. The molecule has 0 spiro atoms. The zero-order valence-electron chi connectivity index (χ0n) is 12.6. The van der Waals surface area contributed by atoms with E-state index in [9.17, 15) is 4.79 Å². The smallest absolute Gasteiger partial charge is 0.339 e. The highest BCUT2D eigenvalue weighted by molar-refractivity contribution is 9.10. The minimum absolute atomic E-state index is 0.396. The van der Waals surface area contributed by atoms with E-state index in [0.717, 1.165) is 16.3 Å². The summed E-state index contributed by atoms with van der Waals surface area (Å²) < 4.78 is 11.5. The number of fused-ring (bicyclic) bond motifs is 1. The molecule has 0 saturated heterocycles. The molecule has 116 valence electrons. The average Bonchev–Trinajstić information content (AvgIpc) is 2.61. The van der Waals surface area contributed by atoms with Crippen molar-refractivity contribution in [1.29, 1.82) is 0 Å². The summed E-state index contributed by atoms with van der Waals surface area (Å²) in [6.07, 6.45) is 0. The van der Waals surface area contributed by atoms with E-state index in [1.54, 1.807) is 6.07 Å². The second kappa shape index (κ2) is 6.84. The monoisotopic (exact) mass is 370 g/mol. The molecule has 0 bridgehead atoms. The summed E-state index contributed by atoms with van der Waals surface area (Å²) in [5.41, 5.74) is 1.52. The molecule has 3 nitrogen and oxygen atoms in total. The first-order valence-corrected chi connectivity index (χ1v) is 7.96. The lowest BCUT2D eigenvalue weighted by Crippen LogP contribution is -2.04. The summed E-state index contributed by atoms with van der Waals surface area (Å²) in [6.45, 7) is 0.438. The zero-order valence-corrected chi connectivity index (χ0v) is 14.2. The fraction of sp³-hybridized carbons (Fsp3) is 0.105. The summed E-state index contributed by atoms with van der Waals surface area (Å²) in [7, 11) is 1.37. The van der Waals surface area contributed by atoms with Gasteiger partial charge in [-0.15, -0.1) is 0 Å². The van der Waals surface area contributed by atoms with Crippen molar-refractivity contribution in [2.45, 2.75) is 6.61 Å². The number of carbonyl (C=O) groups is 1. The Morgan fingerprint density at radius 2 is 1.65 bits per heavy atom. The third kappa shape index (κ3) is 3.22. The first kappa shape index (κ1) is 15.6. The Kier molecular flexibility index (Phi) is 4.63. The van der Waals surface area contributed by atoms with Crippen molar-refractivity contribution in [1.82, 2.24) is 0 Å². The summed E-state index contributed by atoms with van der Waals surface area (Å²) in [4.78, 5) is 12.0. The quantitative estimate of drug-likeness (QED) is 0.608. The van der Waals surface area contributed by atoms with Crippen LogP contribution in [0.2, 0.25) is 0 Å². The topological polar surface area (TPSA) is 35.5 Å². The molecule has 0 aliphatic rings. The van der Waals surface area contributed by atoms with Crippen molar-refractivity contribution < 1.29 is 14.3 Å². The highest BCUT2D eigenvalue weighted by Gasteiger charge is 2.17. The van der Waals surface area contributed by atoms with Gasteiger partial charge in [0.25, 0.3) is 0 Å². The summed E-state index contributed by atoms with van der Waals surface area (Å²) in [5.74, 6) is 0.264. The molecule has 0 amide bonds. The summed E-state index contributed by atoms with van der Waals surface area (Å²) in [5, 5.41) is 1.86. The van der Waals surface area contributed by atoms with Gasteiger partial charge in [-0.3, -0.25) is 0 Å². The molecule has 3 rings (SSSR count). The Morgan fingerprint density at radius 1 is 1.00 bits per heavy atom. The lowest BCUT2D eigenvalue weighted by Gasteiger charge is -2.13. The normalized spacial score (nSPS) is 10.5. The summed E-state index contributed by atoms with van der Waals surface area (Å²) >= 11 is 3.50. The van der Waals surface area contributed by atoms with Crippen LogP contribution in [0.3, 0.4) is 0 Å². The molecule has 3 aromatic rings.